The van der Waals surface area contributed by atoms with Crippen LogP contribution in [-0.4, -0.2) is 0 Å². The molecule has 0 aliphatic heterocycles. The van der Waals surface area contributed by atoms with E-state index in [1.807, 2.05) is 0 Å². The topological polar surface area (TPSA) is 0 Å². The Hall–Kier alpha value is -1.30. The summed E-state index contributed by atoms with van der Waals surface area (Å²) in [6, 6.07) is 8.65. The average molecular weight is 184 g/mol. The van der Waals surface area contributed by atoms with Crippen LogP contribution in [0.15, 0.2) is 24.3 Å². The molecule has 0 nitrogen and oxygen atoms in total. The molecule has 72 valence electrons. The van der Waals surface area contributed by atoms with Gasteiger partial charge in [-0.1, -0.05) is 24.3 Å². The lowest BCUT2D eigenvalue weighted by Crippen LogP contribution is -1.93. The molecule has 0 amide bonds. The Bertz CT molecular complexity index is 446. The smallest absolute Gasteiger partial charge is 0.0149 e. The molecule has 0 spiro atoms. The fraction of sp³-hybridized carbons (Fsp3) is 0.286. The minimum Gasteiger partial charge on any atom is -0.0616 e. The maximum atomic E-state index is 2.21. The Labute approximate surface area is 85.6 Å². The van der Waals surface area contributed by atoms with Crippen molar-refractivity contribution in [2.75, 3.05) is 0 Å². The summed E-state index contributed by atoms with van der Waals surface area (Å²) >= 11 is 0. The first-order chi connectivity index (χ1) is 6.63. The van der Waals surface area contributed by atoms with Crippen molar-refractivity contribution < 1.29 is 0 Å². The largest absolute Gasteiger partial charge is 0.0616 e. The zero-order valence-electron chi connectivity index (χ0n) is 9.31. The number of rotatable bonds is 0. The van der Waals surface area contributed by atoms with E-state index >= 15 is 0 Å². The molecule has 14 heavy (non-hydrogen) atoms. The fourth-order valence-electron chi connectivity index (χ4n) is 2.10. The molecule has 0 fully saturated rings. The molecule has 0 atom stereocenters. The maximum Gasteiger partial charge on any atom is -0.0149 e. The third-order valence-corrected chi connectivity index (χ3v) is 3.42. The molecule has 2 aromatic rings. The standard InChI is InChI=1S/C14H16/c1-9-10(2)12(4)14-8-6-5-7-13(14)11(9)3/h5-8H,1-4H3. The second-order valence-corrected chi connectivity index (χ2v) is 4.05. The van der Waals surface area contributed by atoms with Crippen LogP contribution in [0.5, 0.6) is 0 Å². The second kappa shape index (κ2) is 3.13. The zero-order valence-corrected chi connectivity index (χ0v) is 9.31. The third-order valence-electron chi connectivity index (χ3n) is 3.42. The van der Waals surface area contributed by atoms with Crippen LogP contribution in [0.25, 0.3) is 10.8 Å². The lowest BCUT2D eigenvalue weighted by Gasteiger charge is -2.13. The van der Waals surface area contributed by atoms with Crippen LogP contribution in [0, 0.1) is 27.7 Å². The van der Waals surface area contributed by atoms with Crippen LogP contribution in [-0.2, 0) is 0 Å². The quantitative estimate of drug-likeness (QED) is 0.579. The predicted molar refractivity (Wildman–Crippen MR) is 62.9 cm³/mol. The molecule has 0 bridgehead atoms. The van der Waals surface area contributed by atoms with Crippen molar-refractivity contribution in [1.82, 2.24) is 0 Å². The normalized spacial score (nSPS) is 10.9. The van der Waals surface area contributed by atoms with Gasteiger partial charge in [0, 0.05) is 0 Å². The van der Waals surface area contributed by atoms with Crippen LogP contribution in [0.4, 0.5) is 0 Å². The van der Waals surface area contributed by atoms with Crippen molar-refractivity contribution in [3.8, 4) is 0 Å². The molecule has 2 rings (SSSR count). The van der Waals surface area contributed by atoms with Crippen molar-refractivity contribution in [2.24, 2.45) is 0 Å². The van der Waals surface area contributed by atoms with Crippen molar-refractivity contribution in [3.05, 3.63) is 46.5 Å². The van der Waals surface area contributed by atoms with E-state index in [1.165, 1.54) is 33.0 Å². The highest BCUT2D eigenvalue weighted by Crippen LogP contribution is 2.28. The van der Waals surface area contributed by atoms with E-state index < -0.39 is 0 Å². The monoisotopic (exact) mass is 184 g/mol. The molecule has 0 N–H and O–H groups in total. The number of benzene rings is 2. The number of aryl methyl sites for hydroxylation is 2. The van der Waals surface area contributed by atoms with E-state index in [1.54, 1.807) is 0 Å². The minimum absolute atomic E-state index is 1.40. The van der Waals surface area contributed by atoms with Gasteiger partial charge in [0.05, 0.1) is 0 Å². The van der Waals surface area contributed by atoms with Gasteiger partial charge in [0.2, 0.25) is 0 Å². The molecule has 0 aliphatic carbocycles. The lowest BCUT2D eigenvalue weighted by molar-refractivity contribution is 1.25. The second-order valence-electron chi connectivity index (χ2n) is 4.05. The molecule has 0 aromatic heterocycles. The highest BCUT2D eigenvalue weighted by atomic mass is 14.1. The highest BCUT2D eigenvalue weighted by molar-refractivity contribution is 5.90. The van der Waals surface area contributed by atoms with Crippen molar-refractivity contribution in [1.29, 1.82) is 0 Å². The zero-order chi connectivity index (χ0) is 10.3. The summed E-state index contributed by atoms with van der Waals surface area (Å²) in [7, 11) is 0. The molecular weight excluding hydrogens is 168 g/mol. The Morgan fingerprint density at radius 1 is 0.571 bits per heavy atom. The van der Waals surface area contributed by atoms with Crippen LogP contribution in [0.2, 0.25) is 0 Å². The summed E-state index contributed by atoms with van der Waals surface area (Å²) in [5.41, 5.74) is 5.70. The Balaban J connectivity index is 3.02. The van der Waals surface area contributed by atoms with E-state index in [0.29, 0.717) is 0 Å². The summed E-state index contributed by atoms with van der Waals surface area (Å²) in [4.78, 5) is 0. The maximum absolute atomic E-state index is 2.21. The molecule has 0 saturated heterocycles. The van der Waals surface area contributed by atoms with Crippen molar-refractivity contribution >= 4 is 10.8 Å². The SMILES string of the molecule is Cc1c(C)c(C)c2ccccc2c1C. The summed E-state index contributed by atoms with van der Waals surface area (Å²) in [6.45, 7) is 8.85. The van der Waals surface area contributed by atoms with Crippen LogP contribution >= 0.6 is 0 Å². The first-order valence-electron chi connectivity index (χ1n) is 5.08. The van der Waals surface area contributed by atoms with Crippen LogP contribution in [0.1, 0.15) is 22.3 Å². The van der Waals surface area contributed by atoms with E-state index in [9.17, 15) is 0 Å². The van der Waals surface area contributed by atoms with E-state index in [2.05, 4.69) is 52.0 Å². The Kier molecular flexibility index (Phi) is 2.07. The van der Waals surface area contributed by atoms with Gasteiger partial charge in [-0.2, -0.15) is 0 Å². The van der Waals surface area contributed by atoms with Crippen LogP contribution < -0.4 is 0 Å². The molecule has 0 heteroatoms. The van der Waals surface area contributed by atoms with Gasteiger partial charge in [-0.05, 0) is 60.7 Å². The fourth-order valence-corrected chi connectivity index (χ4v) is 2.10. The van der Waals surface area contributed by atoms with Gasteiger partial charge in [0.15, 0.2) is 0 Å². The molecule has 0 aliphatic rings. The minimum atomic E-state index is 1.40. The predicted octanol–water partition coefficient (Wildman–Crippen LogP) is 4.07. The van der Waals surface area contributed by atoms with E-state index in [-0.39, 0.29) is 0 Å². The summed E-state index contributed by atoms with van der Waals surface area (Å²) < 4.78 is 0. The van der Waals surface area contributed by atoms with Gasteiger partial charge in [-0.3, -0.25) is 0 Å². The number of fused-ring (bicyclic) bond motifs is 1. The molecule has 0 unspecified atom stereocenters. The van der Waals surface area contributed by atoms with Crippen molar-refractivity contribution in [2.45, 2.75) is 27.7 Å². The third kappa shape index (κ3) is 1.14. The summed E-state index contributed by atoms with van der Waals surface area (Å²) in [5.74, 6) is 0. The Morgan fingerprint density at radius 3 is 1.29 bits per heavy atom. The van der Waals surface area contributed by atoms with Gasteiger partial charge < -0.3 is 0 Å². The van der Waals surface area contributed by atoms with Gasteiger partial charge in [0.25, 0.3) is 0 Å². The summed E-state index contributed by atoms with van der Waals surface area (Å²) in [6.07, 6.45) is 0. The molecule has 0 radical (unpaired) electrons. The average Bonchev–Trinajstić information content (AvgIpc) is 2.23. The first-order valence-corrected chi connectivity index (χ1v) is 5.08. The van der Waals surface area contributed by atoms with Gasteiger partial charge in [-0.15, -0.1) is 0 Å². The molecule has 2 aromatic carbocycles. The van der Waals surface area contributed by atoms with Gasteiger partial charge in [0.1, 0.15) is 0 Å². The lowest BCUT2D eigenvalue weighted by atomic mass is 9.92. The van der Waals surface area contributed by atoms with E-state index in [0.717, 1.165) is 0 Å². The number of hydrogen-bond acceptors (Lipinski definition) is 0. The molecule has 0 saturated carbocycles. The van der Waals surface area contributed by atoms with Gasteiger partial charge in [-0.25, -0.2) is 0 Å². The van der Waals surface area contributed by atoms with Crippen molar-refractivity contribution in [3.63, 3.8) is 0 Å². The first kappa shape index (κ1) is 9.26. The van der Waals surface area contributed by atoms with Crippen LogP contribution in [0.3, 0.4) is 0 Å². The van der Waals surface area contributed by atoms with Gasteiger partial charge >= 0.3 is 0 Å². The number of hydrogen-bond donors (Lipinski definition) is 0. The highest BCUT2D eigenvalue weighted by Gasteiger charge is 2.07. The molecular formula is C14H16. The van der Waals surface area contributed by atoms with E-state index in [4.69, 9.17) is 0 Å². The molecule has 0 heterocycles. The summed E-state index contributed by atoms with van der Waals surface area (Å²) in [5, 5.41) is 2.79. The Morgan fingerprint density at radius 2 is 0.929 bits per heavy atom.